The Bertz CT molecular complexity index is 1900. The molecule has 2 saturated heterocycles. The zero-order valence-electron chi connectivity index (χ0n) is 40.4. The van der Waals surface area contributed by atoms with E-state index in [1.54, 1.807) is 13.8 Å². The van der Waals surface area contributed by atoms with Crippen LogP contribution in [0.1, 0.15) is 108 Å². The number of hydrogen-bond donors (Lipinski definition) is 10. The first kappa shape index (κ1) is 52.5. The van der Waals surface area contributed by atoms with Gasteiger partial charge in [-0.25, -0.2) is 4.79 Å². The number of esters is 2. The number of carboxylic acid groups (broad SMARTS) is 1. The van der Waals surface area contributed by atoms with E-state index in [0.29, 0.717) is 38.5 Å². The zero-order valence-corrected chi connectivity index (χ0v) is 40.4. The molecule has 0 bridgehead atoms. The molecule has 7 rings (SSSR count). The van der Waals surface area contributed by atoms with Crippen LogP contribution in [0.25, 0.3) is 0 Å². The molecule has 19 heteroatoms. The highest BCUT2D eigenvalue weighted by Gasteiger charge is 2.76. The fraction of sp³-hybridized carbons (Fsp3) is 0.896. The Morgan fingerprint density at radius 2 is 1.42 bits per heavy atom. The predicted octanol–water partition coefficient (Wildman–Crippen LogP) is 0.543. The summed E-state index contributed by atoms with van der Waals surface area (Å²) in [6.07, 6.45) is -18.6. The fourth-order valence-corrected chi connectivity index (χ4v) is 14.7. The van der Waals surface area contributed by atoms with E-state index in [4.69, 9.17) is 28.4 Å². The second-order valence-electron chi connectivity index (χ2n) is 23.1. The summed E-state index contributed by atoms with van der Waals surface area (Å²) in [6.45, 7) is 17.5. The first-order valence-electron chi connectivity index (χ1n) is 23.9. The molecule has 2 aliphatic heterocycles. The van der Waals surface area contributed by atoms with Crippen molar-refractivity contribution < 1.29 is 93.9 Å². The van der Waals surface area contributed by atoms with Crippen molar-refractivity contribution in [1.82, 2.24) is 0 Å². The summed E-state index contributed by atoms with van der Waals surface area (Å²) in [5.41, 5.74) is -4.34. The van der Waals surface area contributed by atoms with Crippen molar-refractivity contribution in [2.75, 3.05) is 13.2 Å². The molecule has 382 valence electrons. The van der Waals surface area contributed by atoms with Crippen LogP contribution in [0.5, 0.6) is 0 Å². The van der Waals surface area contributed by atoms with Gasteiger partial charge in [0.05, 0.1) is 42.9 Å². The topological polar surface area (TPSA) is 309 Å². The molecular formula is C48H76O19. The van der Waals surface area contributed by atoms with E-state index < -0.39 is 167 Å². The van der Waals surface area contributed by atoms with Crippen molar-refractivity contribution in [3.05, 3.63) is 11.6 Å². The summed E-state index contributed by atoms with van der Waals surface area (Å²) in [5.74, 6) is -4.01. The lowest BCUT2D eigenvalue weighted by Gasteiger charge is -2.73. The average molecular weight is 957 g/mol. The lowest BCUT2D eigenvalue weighted by Crippen LogP contribution is -2.76. The van der Waals surface area contributed by atoms with Crippen LogP contribution in [0.15, 0.2) is 11.6 Å². The van der Waals surface area contributed by atoms with Crippen LogP contribution in [0.2, 0.25) is 0 Å². The van der Waals surface area contributed by atoms with E-state index in [2.05, 4.69) is 19.9 Å². The molecule has 22 unspecified atom stereocenters. The standard InChI is InChI=1S/C48H76O19/c1-20(2)40(61)67-37-38(62-21(3)51)48(19-50)23(17-43(37,4)5)22-11-12-26-45(8)15-14-27(44(6,7)25(45)13-16-46(26,9)47(22,10)35(57)36(48)58)64-42-34(31(55)30(54)33(65-42)39(59)60)66-41-32(56)29(53)28(52)24(18-49)63-41/h11,20,23-38,41-42,49-50,52-58H,12-19H2,1-10H3,(H,59,60). The second kappa shape index (κ2) is 18.0. The number of fused-ring (bicyclic) bond motifs is 7. The first-order valence-corrected chi connectivity index (χ1v) is 23.9. The number of ether oxygens (including phenoxy) is 6. The smallest absolute Gasteiger partial charge is 0.335 e. The largest absolute Gasteiger partial charge is 0.479 e. The van der Waals surface area contributed by atoms with E-state index >= 15 is 0 Å². The van der Waals surface area contributed by atoms with Crippen molar-refractivity contribution in [3.8, 4) is 0 Å². The third-order valence-corrected chi connectivity index (χ3v) is 18.6. The lowest BCUT2D eigenvalue weighted by molar-refractivity contribution is -0.374. The molecule has 22 atom stereocenters. The lowest BCUT2D eigenvalue weighted by atomic mass is 9.32. The summed E-state index contributed by atoms with van der Waals surface area (Å²) in [7, 11) is 0. The van der Waals surface area contributed by atoms with Gasteiger partial charge in [-0.1, -0.05) is 74.0 Å². The minimum Gasteiger partial charge on any atom is -0.479 e. The van der Waals surface area contributed by atoms with Gasteiger partial charge >= 0.3 is 17.9 Å². The van der Waals surface area contributed by atoms with Gasteiger partial charge in [0.25, 0.3) is 0 Å². The number of aliphatic hydroxyl groups excluding tert-OH is 9. The number of carboxylic acids is 1. The third-order valence-electron chi connectivity index (χ3n) is 18.6. The van der Waals surface area contributed by atoms with Crippen molar-refractivity contribution in [1.29, 1.82) is 0 Å². The highest BCUT2D eigenvalue weighted by molar-refractivity contribution is 5.73. The molecule has 6 fully saturated rings. The normalized spacial score (nSPS) is 50.1. The molecule has 5 aliphatic carbocycles. The predicted molar refractivity (Wildman–Crippen MR) is 232 cm³/mol. The van der Waals surface area contributed by atoms with Gasteiger partial charge in [0.2, 0.25) is 0 Å². The third kappa shape index (κ3) is 7.84. The molecule has 0 aromatic heterocycles. The molecule has 10 N–H and O–H groups in total. The molecular weight excluding hydrogens is 881 g/mol. The van der Waals surface area contributed by atoms with E-state index in [-0.39, 0.29) is 11.8 Å². The van der Waals surface area contributed by atoms with Gasteiger partial charge in [0.15, 0.2) is 24.8 Å². The van der Waals surface area contributed by atoms with Crippen molar-refractivity contribution >= 4 is 17.9 Å². The van der Waals surface area contributed by atoms with Gasteiger partial charge in [-0.3, -0.25) is 9.59 Å². The maximum atomic E-state index is 13.2. The Morgan fingerprint density at radius 3 is 2.00 bits per heavy atom. The summed E-state index contributed by atoms with van der Waals surface area (Å²) in [4.78, 5) is 38.3. The van der Waals surface area contributed by atoms with Crippen LogP contribution >= 0.6 is 0 Å². The number of carbonyl (C=O) groups is 3. The SMILES string of the molecule is CC(=O)OC1C(OC(=O)C(C)C)C(C)(C)CC2C3=CCC4C5(C)CCC(OC6OC(C(=O)O)C(O)C(O)C6OC6OC(CO)C(O)C(O)C6O)C(C)(C)C5CCC4(C)C3(C)C(O)C(O)C21CO. The highest BCUT2D eigenvalue weighted by atomic mass is 16.8. The van der Waals surface area contributed by atoms with Crippen LogP contribution in [-0.4, -0.2) is 174 Å². The maximum Gasteiger partial charge on any atom is 0.335 e. The molecule has 19 nitrogen and oxygen atoms in total. The molecule has 0 amide bonds. The zero-order chi connectivity index (χ0) is 49.9. The summed E-state index contributed by atoms with van der Waals surface area (Å²) < 4.78 is 36.0. The molecule has 0 aromatic rings. The van der Waals surface area contributed by atoms with Crippen molar-refractivity contribution in [3.63, 3.8) is 0 Å². The number of aliphatic carboxylic acids is 1. The quantitative estimate of drug-likeness (QED) is 0.0812. The van der Waals surface area contributed by atoms with Crippen LogP contribution in [-0.2, 0) is 42.8 Å². The Labute approximate surface area is 391 Å². The number of allylic oxidation sites excluding steroid dienone is 1. The number of hydrogen-bond acceptors (Lipinski definition) is 18. The van der Waals surface area contributed by atoms with Crippen LogP contribution in [0.4, 0.5) is 0 Å². The van der Waals surface area contributed by atoms with Gasteiger partial charge in [-0.2, -0.15) is 0 Å². The minimum atomic E-state index is -2.01. The maximum absolute atomic E-state index is 13.2. The minimum absolute atomic E-state index is 0.0601. The van der Waals surface area contributed by atoms with Crippen LogP contribution in [0, 0.1) is 56.2 Å². The average Bonchev–Trinajstić information content (AvgIpc) is 3.24. The number of carbonyl (C=O) groups excluding carboxylic acids is 2. The van der Waals surface area contributed by atoms with Crippen molar-refractivity contribution in [2.45, 2.75) is 200 Å². The summed E-state index contributed by atoms with van der Waals surface area (Å²) >= 11 is 0. The van der Waals surface area contributed by atoms with Crippen LogP contribution < -0.4 is 0 Å². The number of aliphatic hydroxyl groups is 9. The molecule has 7 aliphatic rings. The Hall–Kier alpha value is -2.37. The monoisotopic (exact) mass is 956 g/mol. The Morgan fingerprint density at radius 1 is 0.761 bits per heavy atom. The van der Waals surface area contributed by atoms with Crippen LogP contribution in [0.3, 0.4) is 0 Å². The van der Waals surface area contributed by atoms with Gasteiger partial charge in [-0.15, -0.1) is 0 Å². The first-order chi connectivity index (χ1) is 31.0. The second-order valence-corrected chi connectivity index (χ2v) is 23.1. The van der Waals surface area contributed by atoms with E-state index in [9.17, 15) is 65.4 Å². The Kier molecular flexibility index (Phi) is 14.1. The molecule has 67 heavy (non-hydrogen) atoms. The van der Waals surface area contributed by atoms with Gasteiger partial charge in [0.1, 0.15) is 48.8 Å². The fourth-order valence-electron chi connectivity index (χ4n) is 14.7. The molecule has 0 radical (unpaired) electrons. The molecule has 0 aromatic carbocycles. The molecule has 2 heterocycles. The Balaban J connectivity index is 1.21. The van der Waals surface area contributed by atoms with Crippen molar-refractivity contribution in [2.24, 2.45) is 56.2 Å². The van der Waals surface area contributed by atoms with E-state index in [1.165, 1.54) is 6.92 Å². The molecule has 4 saturated carbocycles. The summed E-state index contributed by atoms with van der Waals surface area (Å²) in [5, 5.41) is 111. The van der Waals surface area contributed by atoms with E-state index in [0.717, 1.165) is 5.57 Å². The van der Waals surface area contributed by atoms with Gasteiger partial charge < -0.3 is 79.5 Å². The molecule has 0 spiro atoms. The highest BCUT2D eigenvalue weighted by Crippen LogP contribution is 2.76. The van der Waals surface area contributed by atoms with E-state index in [1.807, 2.05) is 34.6 Å². The number of rotatable bonds is 10. The van der Waals surface area contributed by atoms with Gasteiger partial charge in [-0.05, 0) is 72.5 Å². The van der Waals surface area contributed by atoms with Gasteiger partial charge in [0, 0.05) is 17.8 Å². The summed E-state index contributed by atoms with van der Waals surface area (Å²) in [6, 6.07) is 0.